The van der Waals surface area contributed by atoms with Crippen molar-refractivity contribution in [1.82, 2.24) is 10.2 Å². The molecule has 0 fully saturated rings. The van der Waals surface area contributed by atoms with Crippen molar-refractivity contribution in [3.8, 4) is 11.5 Å². The monoisotopic (exact) mass is 426 g/mol. The summed E-state index contributed by atoms with van der Waals surface area (Å²) in [5.41, 5.74) is 2.12. The van der Waals surface area contributed by atoms with Crippen molar-refractivity contribution in [3.05, 3.63) is 59.7 Å². The third kappa shape index (κ3) is 6.74. The number of hydrogen-bond acceptors (Lipinski definition) is 4. The van der Waals surface area contributed by atoms with Crippen LogP contribution in [0.4, 0.5) is 0 Å². The maximum absolute atomic E-state index is 13.1. The lowest BCUT2D eigenvalue weighted by atomic mass is 9.87. The van der Waals surface area contributed by atoms with Gasteiger partial charge in [-0.3, -0.25) is 9.59 Å². The van der Waals surface area contributed by atoms with Crippen molar-refractivity contribution < 1.29 is 19.1 Å². The first-order chi connectivity index (χ1) is 14.7. The number of rotatable bonds is 9. The van der Waals surface area contributed by atoms with Gasteiger partial charge in [0.2, 0.25) is 5.91 Å². The molecule has 0 saturated carbocycles. The summed E-state index contributed by atoms with van der Waals surface area (Å²) in [5.74, 6) is 0.871. The summed E-state index contributed by atoms with van der Waals surface area (Å²) in [6.07, 6.45) is 0.496. The number of carbonyl (C=O) groups is 2. The number of amides is 2. The predicted molar refractivity (Wildman–Crippen MR) is 122 cm³/mol. The lowest BCUT2D eigenvalue weighted by molar-refractivity contribution is -0.142. The molecule has 0 bridgehead atoms. The van der Waals surface area contributed by atoms with Crippen LogP contribution in [-0.2, 0) is 21.5 Å². The Bertz CT molecular complexity index is 872. The number of carbonyl (C=O) groups excluding carboxylic acids is 2. The van der Waals surface area contributed by atoms with Crippen LogP contribution < -0.4 is 14.8 Å². The van der Waals surface area contributed by atoms with Crippen LogP contribution in [0.3, 0.4) is 0 Å². The van der Waals surface area contributed by atoms with E-state index in [1.54, 1.807) is 19.1 Å². The van der Waals surface area contributed by atoms with Gasteiger partial charge in [-0.25, -0.2) is 0 Å². The van der Waals surface area contributed by atoms with Gasteiger partial charge in [0.15, 0.2) is 6.61 Å². The van der Waals surface area contributed by atoms with Gasteiger partial charge in [-0.2, -0.15) is 0 Å². The van der Waals surface area contributed by atoms with Crippen molar-refractivity contribution >= 4 is 11.8 Å². The molecule has 0 heterocycles. The van der Waals surface area contributed by atoms with E-state index in [0.29, 0.717) is 17.9 Å². The van der Waals surface area contributed by atoms with E-state index in [1.165, 1.54) is 5.56 Å². The highest BCUT2D eigenvalue weighted by Crippen LogP contribution is 2.24. The zero-order valence-corrected chi connectivity index (χ0v) is 19.4. The molecule has 6 nitrogen and oxygen atoms in total. The molecular formula is C25H34N2O4. The van der Waals surface area contributed by atoms with Crippen molar-refractivity contribution in [2.45, 2.75) is 52.1 Å². The molecular weight excluding hydrogens is 392 g/mol. The minimum absolute atomic E-state index is 0.0454. The Hall–Kier alpha value is -3.02. The van der Waals surface area contributed by atoms with Gasteiger partial charge in [0.25, 0.3) is 5.91 Å². The predicted octanol–water partition coefficient (Wildman–Crippen LogP) is 3.92. The SMILES string of the molecule is CC[C@@H](C(=O)NC)N(Cc1cccc(OC)c1)C(=O)COc1ccc(C(C)(C)C)cc1. The second kappa shape index (κ2) is 10.8. The average molecular weight is 427 g/mol. The second-order valence-corrected chi connectivity index (χ2v) is 8.47. The molecule has 0 spiro atoms. The topological polar surface area (TPSA) is 67.9 Å². The molecule has 0 saturated heterocycles. The molecule has 1 atom stereocenters. The normalized spacial score (nSPS) is 12.1. The van der Waals surface area contributed by atoms with E-state index in [9.17, 15) is 9.59 Å². The molecule has 1 N–H and O–H groups in total. The Kier molecular flexibility index (Phi) is 8.48. The molecule has 0 radical (unpaired) electrons. The summed E-state index contributed by atoms with van der Waals surface area (Å²) < 4.78 is 11.0. The maximum atomic E-state index is 13.1. The summed E-state index contributed by atoms with van der Waals surface area (Å²) in [6.45, 7) is 8.46. The van der Waals surface area contributed by atoms with E-state index in [0.717, 1.165) is 5.56 Å². The van der Waals surface area contributed by atoms with Crippen LogP contribution in [0.2, 0.25) is 0 Å². The number of benzene rings is 2. The van der Waals surface area contributed by atoms with Crippen molar-refractivity contribution in [2.24, 2.45) is 0 Å². The minimum Gasteiger partial charge on any atom is -0.497 e. The summed E-state index contributed by atoms with van der Waals surface area (Å²) in [4.78, 5) is 27.1. The standard InChI is InChI=1S/C25H34N2O4/c1-7-22(24(29)26-5)27(16-18-9-8-10-21(15-18)30-6)23(28)17-31-20-13-11-19(12-14-20)25(2,3)4/h8-15,22H,7,16-17H2,1-6H3,(H,26,29)/t22-/m0/s1. The Labute approximate surface area is 185 Å². The fraction of sp³-hybridized carbons (Fsp3) is 0.440. The van der Waals surface area contributed by atoms with Crippen LogP contribution in [0.5, 0.6) is 11.5 Å². The first-order valence-corrected chi connectivity index (χ1v) is 10.6. The third-order valence-electron chi connectivity index (χ3n) is 5.20. The number of hydrogen-bond donors (Lipinski definition) is 1. The van der Waals surface area contributed by atoms with E-state index in [1.807, 2.05) is 55.5 Å². The van der Waals surface area contributed by atoms with Crippen LogP contribution in [0.1, 0.15) is 45.2 Å². The van der Waals surface area contributed by atoms with E-state index >= 15 is 0 Å². The smallest absolute Gasteiger partial charge is 0.261 e. The lowest BCUT2D eigenvalue weighted by Crippen LogP contribution is -2.49. The Morgan fingerprint density at radius 1 is 1.06 bits per heavy atom. The molecule has 2 rings (SSSR count). The van der Waals surface area contributed by atoms with E-state index in [2.05, 4.69) is 26.1 Å². The van der Waals surface area contributed by atoms with Crippen LogP contribution >= 0.6 is 0 Å². The molecule has 2 aromatic carbocycles. The second-order valence-electron chi connectivity index (χ2n) is 8.47. The quantitative estimate of drug-likeness (QED) is 0.660. The number of nitrogens with zero attached hydrogens (tertiary/aromatic N) is 1. The lowest BCUT2D eigenvalue weighted by Gasteiger charge is -2.30. The fourth-order valence-electron chi connectivity index (χ4n) is 3.33. The molecule has 0 aromatic heterocycles. The van der Waals surface area contributed by atoms with Gasteiger partial charge in [-0.05, 0) is 47.2 Å². The van der Waals surface area contributed by atoms with Crippen LogP contribution in [-0.4, -0.2) is 43.5 Å². The molecule has 2 amide bonds. The van der Waals surface area contributed by atoms with Gasteiger partial charge >= 0.3 is 0 Å². The van der Waals surface area contributed by atoms with Crippen molar-refractivity contribution in [3.63, 3.8) is 0 Å². The summed E-state index contributed by atoms with van der Waals surface area (Å²) >= 11 is 0. The molecule has 0 aliphatic rings. The van der Waals surface area contributed by atoms with E-state index < -0.39 is 6.04 Å². The van der Waals surface area contributed by atoms with Gasteiger partial charge in [0.1, 0.15) is 17.5 Å². The van der Waals surface area contributed by atoms with Crippen LogP contribution in [0, 0.1) is 0 Å². The van der Waals surface area contributed by atoms with Crippen molar-refractivity contribution in [1.29, 1.82) is 0 Å². The molecule has 0 aliphatic carbocycles. The highest BCUT2D eigenvalue weighted by atomic mass is 16.5. The summed E-state index contributed by atoms with van der Waals surface area (Å²) in [7, 11) is 3.17. The van der Waals surface area contributed by atoms with E-state index in [-0.39, 0.29) is 30.4 Å². The summed E-state index contributed by atoms with van der Waals surface area (Å²) in [6, 6.07) is 14.7. The Balaban J connectivity index is 2.17. The highest BCUT2D eigenvalue weighted by Gasteiger charge is 2.28. The van der Waals surface area contributed by atoms with E-state index in [4.69, 9.17) is 9.47 Å². The Morgan fingerprint density at radius 3 is 2.29 bits per heavy atom. The molecule has 6 heteroatoms. The first-order valence-electron chi connectivity index (χ1n) is 10.6. The summed E-state index contributed by atoms with van der Waals surface area (Å²) in [5, 5.41) is 2.66. The average Bonchev–Trinajstić information content (AvgIpc) is 2.76. The van der Waals surface area contributed by atoms with Crippen LogP contribution in [0.15, 0.2) is 48.5 Å². The number of methoxy groups -OCH3 is 1. The molecule has 0 unspecified atom stereocenters. The molecule has 2 aromatic rings. The number of likely N-dealkylation sites (N-methyl/N-ethyl adjacent to an activating group) is 1. The Morgan fingerprint density at radius 2 is 1.74 bits per heavy atom. The molecule has 0 aliphatic heterocycles. The largest absolute Gasteiger partial charge is 0.497 e. The minimum atomic E-state index is -0.587. The molecule has 168 valence electrons. The van der Waals surface area contributed by atoms with Gasteiger partial charge in [0, 0.05) is 13.6 Å². The number of nitrogens with one attached hydrogen (secondary N) is 1. The van der Waals surface area contributed by atoms with Gasteiger partial charge in [0.05, 0.1) is 7.11 Å². The zero-order valence-electron chi connectivity index (χ0n) is 19.4. The number of ether oxygens (including phenoxy) is 2. The van der Waals surface area contributed by atoms with Gasteiger partial charge in [-0.15, -0.1) is 0 Å². The van der Waals surface area contributed by atoms with Crippen LogP contribution in [0.25, 0.3) is 0 Å². The highest BCUT2D eigenvalue weighted by molar-refractivity contribution is 5.88. The maximum Gasteiger partial charge on any atom is 0.261 e. The fourth-order valence-corrected chi connectivity index (χ4v) is 3.33. The van der Waals surface area contributed by atoms with Crippen molar-refractivity contribution in [2.75, 3.05) is 20.8 Å². The zero-order chi connectivity index (χ0) is 23.0. The first kappa shape index (κ1) is 24.3. The molecule has 31 heavy (non-hydrogen) atoms. The van der Waals surface area contributed by atoms with Gasteiger partial charge < -0.3 is 19.7 Å². The third-order valence-corrected chi connectivity index (χ3v) is 5.20. The van der Waals surface area contributed by atoms with Gasteiger partial charge in [-0.1, -0.05) is 52.0 Å².